The second kappa shape index (κ2) is 4.44. The Hall–Kier alpha value is -1.84. The summed E-state index contributed by atoms with van der Waals surface area (Å²) < 4.78 is 2.12. The number of rotatable bonds is 3. The molecule has 0 amide bonds. The van der Waals surface area contributed by atoms with Crippen LogP contribution in [0.1, 0.15) is 55.8 Å². The van der Waals surface area contributed by atoms with Crippen LogP contribution < -0.4 is 0 Å². The summed E-state index contributed by atoms with van der Waals surface area (Å²) in [7, 11) is 0. The van der Waals surface area contributed by atoms with Crippen molar-refractivity contribution in [2.45, 2.75) is 39.7 Å². The van der Waals surface area contributed by atoms with Gasteiger partial charge in [-0.15, -0.1) is 0 Å². The zero-order valence-electron chi connectivity index (χ0n) is 11.1. The van der Waals surface area contributed by atoms with Crippen LogP contribution in [-0.2, 0) is 0 Å². The van der Waals surface area contributed by atoms with E-state index in [-0.39, 0.29) is 6.04 Å². The topological polar surface area (TPSA) is 55.1 Å². The SMILES string of the molecule is CC(C)c1nc2ccc(C(=O)O)cc2n1C(C)C. The van der Waals surface area contributed by atoms with E-state index in [1.807, 2.05) is 0 Å². The van der Waals surface area contributed by atoms with Crippen LogP contribution in [0.4, 0.5) is 0 Å². The number of carbonyl (C=O) groups is 1. The summed E-state index contributed by atoms with van der Waals surface area (Å²) in [6.07, 6.45) is 0. The van der Waals surface area contributed by atoms with Gasteiger partial charge in [0, 0.05) is 12.0 Å². The van der Waals surface area contributed by atoms with Crippen molar-refractivity contribution in [1.29, 1.82) is 0 Å². The molecule has 0 saturated carbocycles. The second-order valence-electron chi connectivity index (χ2n) is 5.10. The first-order valence-corrected chi connectivity index (χ1v) is 6.17. The van der Waals surface area contributed by atoms with E-state index in [0.29, 0.717) is 11.5 Å². The lowest BCUT2D eigenvalue weighted by molar-refractivity contribution is 0.0697. The Morgan fingerprint density at radius 2 is 1.94 bits per heavy atom. The highest BCUT2D eigenvalue weighted by Crippen LogP contribution is 2.26. The van der Waals surface area contributed by atoms with Gasteiger partial charge in [0.05, 0.1) is 16.6 Å². The van der Waals surface area contributed by atoms with E-state index in [4.69, 9.17) is 5.11 Å². The number of carboxylic acids is 1. The van der Waals surface area contributed by atoms with Crippen LogP contribution in [0.2, 0.25) is 0 Å². The maximum atomic E-state index is 11.0. The third-order valence-electron chi connectivity index (χ3n) is 3.00. The van der Waals surface area contributed by atoms with Crippen molar-refractivity contribution in [1.82, 2.24) is 9.55 Å². The van der Waals surface area contributed by atoms with Gasteiger partial charge in [0.1, 0.15) is 5.82 Å². The fraction of sp³-hybridized carbons (Fsp3) is 0.429. The van der Waals surface area contributed by atoms with E-state index >= 15 is 0 Å². The molecule has 0 fully saturated rings. The summed E-state index contributed by atoms with van der Waals surface area (Å²) in [6, 6.07) is 5.35. The van der Waals surface area contributed by atoms with E-state index in [1.165, 1.54) is 0 Å². The van der Waals surface area contributed by atoms with Crippen LogP contribution >= 0.6 is 0 Å². The van der Waals surface area contributed by atoms with Crippen molar-refractivity contribution in [3.8, 4) is 0 Å². The maximum absolute atomic E-state index is 11.0. The fourth-order valence-electron chi connectivity index (χ4n) is 2.19. The lowest BCUT2D eigenvalue weighted by Crippen LogP contribution is -2.08. The molecule has 4 nitrogen and oxygen atoms in total. The fourth-order valence-corrected chi connectivity index (χ4v) is 2.19. The summed E-state index contributed by atoms with van der Waals surface area (Å²) >= 11 is 0. The minimum absolute atomic E-state index is 0.261. The minimum Gasteiger partial charge on any atom is -0.478 e. The molecule has 2 aromatic rings. The standard InChI is InChI=1S/C14H18N2O2/c1-8(2)13-15-11-6-5-10(14(17)18)7-12(11)16(13)9(3)4/h5-9H,1-4H3,(H,17,18). The van der Waals surface area contributed by atoms with Crippen LogP contribution in [0.3, 0.4) is 0 Å². The number of carboxylic acid groups (broad SMARTS) is 1. The van der Waals surface area contributed by atoms with Gasteiger partial charge in [-0.25, -0.2) is 9.78 Å². The summed E-state index contributed by atoms with van der Waals surface area (Å²) in [5.74, 6) is 0.412. The maximum Gasteiger partial charge on any atom is 0.335 e. The average Bonchev–Trinajstić information content (AvgIpc) is 2.66. The molecule has 2 rings (SSSR count). The molecule has 0 aliphatic carbocycles. The highest BCUT2D eigenvalue weighted by Gasteiger charge is 2.17. The van der Waals surface area contributed by atoms with E-state index in [2.05, 4.69) is 37.2 Å². The molecule has 18 heavy (non-hydrogen) atoms. The second-order valence-corrected chi connectivity index (χ2v) is 5.10. The molecular weight excluding hydrogens is 228 g/mol. The van der Waals surface area contributed by atoms with Crippen LogP contribution in [0.25, 0.3) is 11.0 Å². The Balaban J connectivity index is 2.75. The molecule has 0 aliphatic rings. The molecule has 96 valence electrons. The molecular formula is C14H18N2O2. The Bertz CT molecular complexity index is 597. The third kappa shape index (κ3) is 1.98. The smallest absolute Gasteiger partial charge is 0.335 e. The van der Waals surface area contributed by atoms with Crippen molar-refractivity contribution < 1.29 is 9.90 Å². The number of hydrogen-bond acceptors (Lipinski definition) is 2. The zero-order chi connectivity index (χ0) is 13.4. The summed E-state index contributed by atoms with van der Waals surface area (Å²) in [6.45, 7) is 8.36. The van der Waals surface area contributed by atoms with Crippen LogP contribution in [-0.4, -0.2) is 20.6 Å². The molecule has 0 atom stereocenters. The minimum atomic E-state index is -0.903. The van der Waals surface area contributed by atoms with Gasteiger partial charge in [0.15, 0.2) is 0 Å². The summed E-state index contributed by atoms with van der Waals surface area (Å²) in [5, 5.41) is 9.06. The van der Waals surface area contributed by atoms with Gasteiger partial charge in [0.25, 0.3) is 0 Å². The van der Waals surface area contributed by atoms with Gasteiger partial charge >= 0.3 is 5.97 Å². The van der Waals surface area contributed by atoms with E-state index in [0.717, 1.165) is 16.9 Å². The van der Waals surface area contributed by atoms with Crippen molar-refractivity contribution in [2.24, 2.45) is 0 Å². The van der Waals surface area contributed by atoms with Gasteiger partial charge in [0.2, 0.25) is 0 Å². The number of aromatic carboxylic acids is 1. The lowest BCUT2D eigenvalue weighted by atomic mass is 10.2. The van der Waals surface area contributed by atoms with Gasteiger partial charge < -0.3 is 9.67 Å². The van der Waals surface area contributed by atoms with Gasteiger partial charge in [-0.1, -0.05) is 13.8 Å². The quantitative estimate of drug-likeness (QED) is 0.902. The Kier molecular flexibility index (Phi) is 3.11. The molecule has 0 bridgehead atoms. The normalized spacial score (nSPS) is 11.7. The number of imidazole rings is 1. The first-order chi connectivity index (χ1) is 8.41. The molecule has 0 radical (unpaired) electrons. The highest BCUT2D eigenvalue weighted by molar-refractivity contribution is 5.92. The first-order valence-electron chi connectivity index (χ1n) is 6.17. The van der Waals surface area contributed by atoms with E-state index < -0.39 is 5.97 Å². The Morgan fingerprint density at radius 3 is 2.44 bits per heavy atom. The average molecular weight is 246 g/mol. The third-order valence-corrected chi connectivity index (χ3v) is 3.00. The van der Waals surface area contributed by atoms with Crippen molar-refractivity contribution >= 4 is 17.0 Å². The molecule has 0 unspecified atom stereocenters. The first kappa shape index (κ1) is 12.6. The number of benzene rings is 1. The highest BCUT2D eigenvalue weighted by atomic mass is 16.4. The molecule has 1 heterocycles. The number of aromatic nitrogens is 2. The van der Waals surface area contributed by atoms with E-state index in [1.54, 1.807) is 18.2 Å². The Morgan fingerprint density at radius 1 is 1.28 bits per heavy atom. The van der Waals surface area contributed by atoms with Gasteiger partial charge in [-0.3, -0.25) is 0 Å². The number of hydrogen-bond donors (Lipinski definition) is 1. The molecule has 1 aromatic heterocycles. The largest absolute Gasteiger partial charge is 0.478 e. The zero-order valence-corrected chi connectivity index (χ0v) is 11.1. The monoisotopic (exact) mass is 246 g/mol. The molecule has 0 saturated heterocycles. The summed E-state index contributed by atoms with van der Waals surface area (Å²) in [5.41, 5.74) is 2.06. The summed E-state index contributed by atoms with van der Waals surface area (Å²) in [4.78, 5) is 15.6. The predicted octanol–water partition coefficient (Wildman–Crippen LogP) is 3.44. The molecule has 1 aromatic carbocycles. The van der Waals surface area contributed by atoms with Crippen molar-refractivity contribution in [2.75, 3.05) is 0 Å². The number of nitrogens with zero attached hydrogens (tertiary/aromatic N) is 2. The molecule has 0 spiro atoms. The van der Waals surface area contributed by atoms with Gasteiger partial charge in [-0.2, -0.15) is 0 Å². The molecule has 4 heteroatoms. The number of fused-ring (bicyclic) bond motifs is 1. The molecule has 0 aliphatic heterocycles. The van der Waals surface area contributed by atoms with Crippen LogP contribution in [0.5, 0.6) is 0 Å². The Labute approximate surface area is 106 Å². The lowest BCUT2D eigenvalue weighted by Gasteiger charge is -2.15. The van der Waals surface area contributed by atoms with E-state index in [9.17, 15) is 4.79 Å². The van der Waals surface area contributed by atoms with Crippen LogP contribution in [0.15, 0.2) is 18.2 Å². The van der Waals surface area contributed by atoms with Gasteiger partial charge in [-0.05, 0) is 32.0 Å². The van der Waals surface area contributed by atoms with Crippen LogP contribution in [0, 0.1) is 0 Å². The van der Waals surface area contributed by atoms with Crippen molar-refractivity contribution in [3.05, 3.63) is 29.6 Å². The van der Waals surface area contributed by atoms with Crippen molar-refractivity contribution in [3.63, 3.8) is 0 Å². The predicted molar refractivity (Wildman–Crippen MR) is 71.2 cm³/mol. The molecule has 1 N–H and O–H groups in total.